The van der Waals surface area contributed by atoms with Crippen LogP contribution < -0.4 is 9.64 Å². The lowest BCUT2D eigenvalue weighted by atomic mass is 10.0. The fourth-order valence-electron chi connectivity index (χ4n) is 5.05. The number of hydrogen-bond acceptors (Lipinski definition) is 6. The average molecular weight is 482 g/mol. The van der Waals surface area contributed by atoms with E-state index in [2.05, 4.69) is 21.8 Å². The van der Waals surface area contributed by atoms with Crippen LogP contribution in [0, 0.1) is 17.7 Å². The van der Waals surface area contributed by atoms with Gasteiger partial charge in [-0.05, 0) is 72.1 Å². The van der Waals surface area contributed by atoms with Crippen LogP contribution in [0.25, 0.3) is 11.1 Å². The Bertz CT molecular complexity index is 1270. The van der Waals surface area contributed by atoms with Crippen molar-refractivity contribution in [2.24, 2.45) is 11.8 Å². The van der Waals surface area contributed by atoms with Gasteiger partial charge in [0.1, 0.15) is 0 Å². The summed E-state index contributed by atoms with van der Waals surface area (Å²) in [7, 11) is -3.26. The molecule has 0 spiro atoms. The third kappa shape index (κ3) is 4.64. The summed E-state index contributed by atoms with van der Waals surface area (Å²) in [5.41, 5.74) is 2.57. The summed E-state index contributed by atoms with van der Waals surface area (Å²) in [4.78, 5) is 11.5. The van der Waals surface area contributed by atoms with Gasteiger partial charge in [0.2, 0.25) is 5.95 Å². The molecule has 0 radical (unpaired) electrons. The summed E-state index contributed by atoms with van der Waals surface area (Å²) < 4.78 is 44.2. The van der Waals surface area contributed by atoms with E-state index in [0.717, 1.165) is 49.4 Å². The largest absolute Gasteiger partial charge is 0.487 e. The van der Waals surface area contributed by atoms with Gasteiger partial charge >= 0.3 is 0 Å². The Labute approximate surface area is 199 Å². The molecule has 5 rings (SSSR count). The Balaban J connectivity index is 1.21. The van der Waals surface area contributed by atoms with Gasteiger partial charge in [-0.2, -0.15) is 0 Å². The molecule has 1 saturated carbocycles. The lowest BCUT2D eigenvalue weighted by Gasteiger charge is -2.20. The maximum atomic E-state index is 14.8. The van der Waals surface area contributed by atoms with Crippen molar-refractivity contribution >= 4 is 15.8 Å². The zero-order valence-corrected chi connectivity index (χ0v) is 20.1. The molecule has 1 aliphatic carbocycles. The van der Waals surface area contributed by atoms with E-state index in [4.69, 9.17) is 4.74 Å². The Morgan fingerprint density at radius 2 is 1.62 bits per heavy atom. The average Bonchev–Trinajstić information content (AvgIpc) is 3.39. The van der Waals surface area contributed by atoms with Crippen molar-refractivity contribution in [3.63, 3.8) is 0 Å². The molecular formula is C26H28FN3O3S. The molecule has 1 aliphatic heterocycles. The van der Waals surface area contributed by atoms with Crippen LogP contribution in [-0.4, -0.2) is 43.8 Å². The number of benzene rings is 2. The van der Waals surface area contributed by atoms with Crippen LogP contribution in [0.5, 0.6) is 5.75 Å². The van der Waals surface area contributed by atoms with Crippen molar-refractivity contribution in [2.45, 2.75) is 37.2 Å². The molecule has 2 heterocycles. The summed E-state index contributed by atoms with van der Waals surface area (Å²) in [6.07, 6.45) is 7.67. The third-order valence-corrected chi connectivity index (χ3v) is 8.06. The minimum Gasteiger partial charge on any atom is -0.487 e. The number of anilines is 1. The number of halogens is 1. The molecule has 0 bridgehead atoms. The van der Waals surface area contributed by atoms with Crippen molar-refractivity contribution in [3.05, 3.63) is 66.2 Å². The van der Waals surface area contributed by atoms with Crippen molar-refractivity contribution < 1.29 is 17.5 Å². The zero-order chi connectivity index (χ0) is 23.9. The molecular weight excluding hydrogens is 453 g/mol. The van der Waals surface area contributed by atoms with Crippen molar-refractivity contribution in [1.82, 2.24) is 9.97 Å². The molecule has 8 heteroatoms. The normalized spacial score (nSPS) is 22.1. The number of aromatic nitrogens is 2. The second kappa shape index (κ2) is 8.98. The third-order valence-electron chi connectivity index (χ3n) is 6.93. The Morgan fingerprint density at radius 3 is 2.18 bits per heavy atom. The van der Waals surface area contributed by atoms with Gasteiger partial charge in [0, 0.05) is 31.7 Å². The topological polar surface area (TPSA) is 72.4 Å². The van der Waals surface area contributed by atoms with E-state index in [1.54, 1.807) is 18.2 Å². The number of ether oxygens (including phenoxy) is 1. The van der Waals surface area contributed by atoms with E-state index >= 15 is 0 Å². The predicted octanol–water partition coefficient (Wildman–Crippen LogP) is 4.54. The van der Waals surface area contributed by atoms with Gasteiger partial charge in [0.05, 0.1) is 11.0 Å². The SMILES string of the molecule is CCc1cnc(N2CC3CC(Oc4ccc(-c5ccc(S(C)(=O)=O)cc5)cc4F)C[C@H]3C2)nc1. The summed E-state index contributed by atoms with van der Waals surface area (Å²) >= 11 is 0. The summed E-state index contributed by atoms with van der Waals surface area (Å²) in [6.45, 7) is 3.90. The molecule has 178 valence electrons. The molecule has 1 saturated heterocycles. The van der Waals surface area contributed by atoms with E-state index in [1.165, 1.54) is 24.5 Å². The first-order valence-corrected chi connectivity index (χ1v) is 13.5. The number of aryl methyl sites for hydroxylation is 1. The fraction of sp³-hybridized carbons (Fsp3) is 0.385. The highest BCUT2D eigenvalue weighted by atomic mass is 32.2. The summed E-state index contributed by atoms with van der Waals surface area (Å²) in [6, 6.07) is 11.4. The zero-order valence-electron chi connectivity index (χ0n) is 19.3. The molecule has 2 fully saturated rings. The quantitative estimate of drug-likeness (QED) is 0.515. The monoisotopic (exact) mass is 481 g/mol. The molecule has 1 aromatic heterocycles. The van der Waals surface area contributed by atoms with E-state index in [9.17, 15) is 12.8 Å². The molecule has 3 atom stereocenters. The second-order valence-corrected chi connectivity index (χ2v) is 11.3. The van der Waals surface area contributed by atoms with Crippen molar-refractivity contribution in [2.75, 3.05) is 24.2 Å². The maximum absolute atomic E-state index is 14.8. The molecule has 0 amide bonds. The van der Waals surface area contributed by atoms with Crippen LogP contribution in [0.2, 0.25) is 0 Å². The predicted molar refractivity (Wildman–Crippen MR) is 129 cm³/mol. The Morgan fingerprint density at radius 1 is 1.00 bits per heavy atom. The molecule has 2 unspecified atom stereocenters. The smallest absolute Gasteiger partial charge is 0.225 e. The van der Waals surface area contributed by atoms with E-state index in [0.29, 0.717) is 17.4 Å². The lowest BCUT2D eigenvalue weighted by Crippen LogP contribution is -2.25. The van der Waals surface area contributed by atoms with Gasteiger partial charge in [-0.1, -0.05) is 25.1 Å². The maximum Gasteiger partial charge on any atom is 0.225 e. The molecule has 2 aliphatic rings. The Hall–Kier alpha value is -3.00. The van der Waals surface area contributed by atoms with E-state index < -0.39 is 15.7 Å². The van der Waals surface area contributed by atoms with E-state index in [1.807, 2.05) is 18.5 Å². The molecule has 3 aromatic rings. The number of hydrogen-bond donors (Lipinski definition) is 0. The minimum atomic E-state index is -3.26. The highest BCUT2D eigenvalue weighted by molar-refractivity contribution is 7.90. The summed E-state index contributed by atoms with van der Waals surface area (Å²) in [5.74, 6) is 1.63. The van der Waals surface area contributed by atoms with Gasteiger partial charge in [0.25, 0.3) is 0 Å². The van der Waals surface area contributed by atoms with Gasteiger partial charge in [0.15, 0.2) is 21.4 Å². The standard InChI is InChI=1S/C26H28FN3O3S/c1-3-17-13-28-26(29-14-17)30-15-20-10-22(11-21(20)16-30)33-25-9-6-19(12-24(25)27)18-4-7-23(8-5-18)34(2,31)32/h4-9,12-14,20-22H,3,10-11,15-16H2,1-2H3/t20-,21?,22?/m0/s1. The number of fused-ring (bicyclic) bond motifs is 1. The van der Waals surface area contributed by atoms with Crippen LogP contribution >= 0.6 is 0 Å². The first kappa shape index (κ1) is 22.8. The van der Waals surface area contributed by atoms with Crippen LogP contribution in [0.1, 0.15) is 25.3 Å². The van der Waals surface area contributed by atoms with Gasteiger partial charge in [-0.3, -0.25) is 0 Å². The van der Waals surface area contributed by atoms with Gasteiger partial charge in [-0.15, -0.1) is 0 Å². The second-order valence-electron chi connectivity index (χ2n) is 9.32. The molecule has 2 aromatic carbocycles. The van der Waals surface area contributed by atoms with Crippen LogP contribution in [0.3, 0.4) is 0 Å². The fourth-order valence-corrected chi connectivity index (χ4v) is 5.68. The Kier molecular flexibility index (Phi) is 6.02. The van der Waals surface area contributed by atoms with Crippen LogP contribution in [0.15, 0.2) is 59.8 Å². The van der Waals surface area contributed by atoms with Gasteiger partial charge in [-0.25, -0.2) is 22.8 Å². The minimum absolute atomic E-state index is 0.00469. The van der Waals surface area contributed by atoms with Crippen molar-refractivity contribution in [3.8, 4) is 16.9 Å². The molecule has 6 nitrogen and oxygen atoms in total. The first-order valence-electron chi connectivity index (χ1n) is 11.6. The highest BCUT2D eigenvalue weighted by Crippen LogP contribution is 2.41. The van der Waals surface area contributed by atoms with Crippen molar-refractivity contribution in [1.29, 1.82) is 0 Å². The number of rotatable bonds is 6. The first-order chi connectivity index (χ1) is 16.3. The molecule has 0 N–H and O–H groups in total. The number of nitrogens with zero attached hydrogens (tertiary/aromatic N) is 3. The van der Waals surface area contributed by atoms with E-state index in [-0.39, 0.29) is 16.7 Å². The highest BCUT2D eigenvalue weighted by Gasteiger charge is 2.42. The van der Waals surface area contributed by atoms with Crippen LogP contribution in [-0.2, 0) is 16.3 Å². The number of sulfone groups is 1. The lowest BCUT2D eigenvalue weighted by molar-refractivity contribution is 0.192. The summed E-state index contributed by atoms with van der Waals surface area (Å²) in [5, 5.41) is 0. The van der Waals surface area contributed by atoms with Gasteiger partial charge < -0.3 is 9.64 Å². The molecule has 34 heavy (non-hydrogen) atoms. The van der Waals surface area contributed by atoms with Crippen LogP contribution in [0.4, 0.5) is 10.3 Å².